The van der Waals surface area contributed by atoms with E-state index >= 15 is 0 Å². The Balaban J connectivity index is 1.62. The predicted octanol–water partition coefficient (Wildman–Crippen LogP) is 2.47. The number of hydrogen-bond acceptors (Lipinski definition) is 4. The van der Waals surface area contributed by atoms with Gasteiger partial charge < -0.3 is 9.84 Å². The van der Waals surface area contributed by atoms with Crippen molar-refractivity contribution in [2.45, 2.75) is 32.1 Å². The van der Waals surface area contributed by atoms with Crippen LogP contribution < -0.4 is 0 Å². The lowest BCUT2D eigenvalue weighted by molar-refractivity contribution is -0.127. The van der Waals surface area contributed by atoms with Crippen molar-refractivity contribution in [1.82, 2.24) is 4.90 Å². The van der Waals surface area contributed by atoms with E-state index in [4.69, 9.17) is 4.74 Å². The fraction of sp³-hybridized carbons (Fsp3) is 0.467. The average molecular weight is 277 g/mol. The van der Waals surface area contributed by atoms with Crippen molar-refractivity contribution in [1.29, 1.82) is 0 Å². The van der Waals surface area contributed by atoms with E-state index in [0.29, 0.717) is 19.6 Å². The molecule has 5 nitrogen and oxygen atoms in total. The van der Waals surface area contributed by atoms with E-state index in [1.54, 1.807) is 12.1 Å². The molecule has 0 bridgehead atoms. The molecule has 0 saturated carbocycles. The molecule has 108 valence electrons. The summed E-state index contributed by atoms with van der Waals surface area (Å²) in [4.78, 5) is 24.1. The first-order chi connectivity index (χ1) is 9.66. The molecule has 20 heavy (non-hydrogen) atoms. The highest BCUT2D eigenvalue weighted by atomic mass is 16.6. The first kappa shape index (κ1) is 14.4. The zero-order chi connectivity index (χ0) is 14.4. The molecule has 0 aliphatic carbocycles. The zero-order valence-electron chi connectivity index (χ0n) is 11.4. The van der Waals surface area contributed by atoms with Crippen LogP contribution in [0.25, 0.3) is 0 Å². The summed E-state index contributed by atoms with van der Waals surface area (Å²) in [6, 6.07) is 7.21. The third kappa shape index (κ3) is 3.98. The van der Waals surface area contributed by atoms with Gasteiger partial charge in [-0.25, -0.2) is 9.69 Å². The van der Waals surface area contributed by atoms with E-state index in [-0.39, 0.29) is 11.7 Å². The topological polar surface area (TPSA) is 66.8 Å². The van der Waals surface area contributed by atoms with E-state index in [9.17, 15) is 14.7 Å². The maximum absolute atomic E-state index is 11.7. The number of nitrogens with zero attached hydrogens (tertiary/aromatic N) is 1. The van der Waals surface area contributed by atoms with Crippen molar-refractivity contribution < 1.29 is 19.4 Å². The molecule has 0 unspecified atom stereocenters. The van der Waals surface area contributed by atoms with Crippen LogP contribution in [0.15, 0.2) is 24.3 Å². The quantitative estimate of drug-likeness (QED) is 0.811. The Hall–Kier alpha value is -2.04. The van der Waals surface area contributed by atoms with Crippen LogP contribution in [0.3, 0.4) is 0 Å². The highest BCUT2D eigenvalue weighted by molar-refractivity contribution is 5.92. The molecule has 1 saturated heterocycles. The first-order valence-electron chi connectivity index (χ1n) is 6.92. The van der Waals surface area contributed by atoms with E-state index in [2.05, 4.69) is 0 Å². The van der Waals surface area contributed by atoms with Crippen molar-refractivity contribution in [2.75, 3.05) is 13.2 Å². The largest absolute Gasteiger partial charge is 0.508 e. The van der Waals surface area contributed by atoms with Gasteiger partial charge in [0.1, 0.15) is 12.4 Å². The second kappa shape index (κ2) is 6.93. The highest BCUT2D eigenvalue weighted by Crippen LogP contribution is 2.14. The second-order valence-electron chi connectivity index (χ2n) is 4.89. The van der Waals surface area contributed by atoms with Crippen LogP contribution >= 0.6 is 0 Å². The molecule has 1 fully saturated rings. The minimum absolute atomic E-state index is 0.148. The van der Waals surface area contributed by atoms with Crippen LogP contribution in [0.1, 0.15) is 31.2 Å². The highest BCUT2D eigenvalue weighted by Gasteiger charge is 2.27. The number of carbonyl (C=O) groups excluding carboxylic acids is 2. The number of imide groups is 1. The molecule has 2 rings (SSSR count). The van der Waals surface area contributed by atoms with Crippen molar-refractivity contribution in [3.8, 4) is 5.75 Å². The monoisotopic (exact) mass is 277 g/mol. The van der Waals surface area contributed by atoms with Gasteiger partial charge in [0.05, 0.1) is 6.54 Å². The third-order valence-electron chi connectivity index (χ3n) is 3.33. The van der Waals surface area contributed by atoms with Gasteiger partial charge in [0.2, 0.25) is 5.91 Å². The normalized spacial score (nSPS) is 14.4. The molecule has 1 aromatic carbocycles. The van der Waals surface area contributed by atoms with Crippen LogP contribution in [0.4, 0.5) is 4.79 Å². The van der Waals surface area contributed by atoms with Crippen LogP contribution in [-0.2, 0) is 16.0 Å². The number of carbonyl (C=O) groups is 2. The van der Waals surface area contributed by atoms with E-state index in [0.717, 1.165) is 31.2 Å². The molecule has 0 aromatic heterocycles. The predicted molar refractivity (Wildman–Crippen MR) is 73.3 cm³/mol. The number of hydrogen-bond donors (Lipinski definition) is 1. The zero-order valence-corrected chi connectivity index (χ0v) is 11.4. The fourth-order valence-electron chi connectivity index (χ4n) is 2.25. The fourth-order valence-corrected chi connectivity index (χ4v) is 2.25. The molecule has 2 amide bonds. The van der Waals surface area contributed by atoms with Crippen molar-refractivity contribution in [3.63, 3.8) is 0 Å². The van der Waals surface area contributed by atoms with Gasteiger partial charge in [-0.2, -0.15) is 0 Å². The standard InChI is InChI=1S/C15H19NO4/c17-13-7-4-6-12(11-13)5-2-1-3-8-14(18)16-9-10-20-15(16)19/h4,6-7,11,17H,1-3,5,8-10H2. The van der Waals surface area contributed by atoms with Crippen LogP contribution in [-0.4, -0.2) is 35.2 Å². The number of amides is 2. The minimum Gasteiger partial charge on any atom is -0.508 e. The summed E-state index contributed by atoms with van der Waals surface area (Å²) in [7, 11) is 0. The van der Waals surface area contributed by atoms with Crippen LogP contribution in [0.5, 0.6) is 5.75 Å². The van der Waals surface area contributed by atoms with Crippen LogP contribution in [0, 0.1) is 0 Å². The number of phenols is 1. The van der Waals surface area contributed by atoms with E-state index in [1.165, 1.54) is 4.90 Å². The number of rotatable bonds is 6. The summed E-state index contributed by atoms with van der Waals surface area (Å²) in [6.45, 7) is 0.684. The Kier molecular flexibility index (Phi) is 4.98. The Morgan fingerprint density at radius 3 is 2.85 bits per heavy atom. The van der Waals surface area contributed by atoms with Crippen LogP contribution in [0.2, 0.25) is 0 Å². The molecule has 0 radical (unpaired) electrons. The van der Waals surface area contributed by atoms with Gasteiger partial charge >= 0.3 is 6.09 Å². The Labute approximate surface area is 118 Å². The average Bonchev–Trinajstić information content (AvgIpc) is 2.84. The third-order valence-corrected chi connectivity index (χ3v) is 3.33. The lowest BCUT2D eigenvalue weighted by Gasteiger charge is -2.10. The molecule has 5 heteroatoms. The SMILES string of the molecule is O=C(CCCCCc1cccc(O)c1)N1CCOC1=O. The van der Waals surface area contributed by atoms with Gasteiger partial charge in [0.25, 0.3) is 0 Å². The maximum Gasteiger partial charge on any atom is 0.416 e. The summed E-state index contributed by atoms with van der Waals surface area (Å²) in [6.07, 6.45) is 3.39. The van der Waals surface area contributed by atoms with Gasteiger partial charge in [-0.15, -0.1) is 0 Å². The van der Waals surface area contributed by atoms with Gasteiger partial charge in [-0.3, -0.25) is 4.79 Å². The number of benzene rings is 1. The molecule has 1 N–H and O–H groups in total. The lowest BCUT2D eigenvalue weighted by Crippen LogP contribution is -2.31. The second-order valence-corrected chi connectivity index (χ2v) is 4.89. The molecule has 1 aromatic rings. The molecular formula is C15H19NO4. The van der Waals surface area contributed by atoms with Crippen molar-refractivity contribution in [3.05, 3.63) is 29.8 Å². The van der Waals surface area contributed by atoms with Crippen molar-refractivity contribution >= 4 is 12.0 Å². The molecule has 1 heterocycles. The van der Waals surface area contributed by atoms with Crippen molar-refractivity contribution in [2.24, 2.45) is 0 Å². The summed E-state index contributed by atoms with van der Waals surface area (Å²) in [5.74, 6) is 0.134. The summed E-state index contributed by atoms with van der Waals surface area (Å²) < 4.78 is 4.73. The Morgan fingerprint density at radius 1 is 1.30 bits per heavy atom. The molecular weight excluding hydrogens is 258 g/mol. The number of cyclic esters (lactones) is 1. The lowest BCUT2D eigenvalue weighted by atomic mass is 10.1. The number of phenolic OH excluding ortho intramolecular Hbond substituents is 1. The van der Waals surface area contributed by atoms with E-state index in [1.807, 2.05) is 12.1 Å². The molecule has 0 spiro atoms. The summed E-state index contributed by atoms with van der Waals surface area (Å²) in [5, 5.41) is 9.34. The number of aryl methyl sites for hydroxylation is 1. The van der Waals surface area contributed by atoms with Gasteiger partial charge in [-0.1, -0.05) is 18.6 Å². The summed E-state index contributed by atoms with van der Waals surface area (Å²) >= 11 is 0. The number of unbranched alkanes of at least 4 members (excludes halogenated alkanes) is 2. The Bertz CT molecular complexity index is 487. The van der Waals surface area contributed by atoms with Gasteiger partial charge in [0.15, 0.2) is 0 Å². The molecule has 1 aliphatic rings. The molecule has 0 atom stereocenters. The summed E-state index contributed by atoms with van der Waals surface area (Å²) in [5.41, 5.74) is 1.10. The van der Waals surface area contributed by atoms with E-state index < -0.39 is 6.09 Å². The number of ether oxygens (including phenoxy) is 1. The van der Waals surface area contributed by atoms with Gasteiger partial charge in [0, 0.05) is 6.42 Å². The molecule has 1 aliphatic heterocycles. The van der Waals surface area contributed by atoms with Gasteiger partial charge in [-0.05, 0) is 37.0 Å². The minimum atomic E-state index is -0.519. The maximum atomic E-state index is 11.7. The first-order valence-corrected chi connectivity index (χ1v) is 6.92. The Morgan fingerprint density at radius 2 is 2.15 bits per heavy atom. The number of aromatic hydroxyl groups is 1. The smallest absolute Gasteiger partial charge is 0.416 e.